The molecule has 1 saturated carbocycles. The van der Waals surface area contributed by atoms with Crippen molar-refractivity contribution in [2.45, 2.75) is 24.8 Å². The first kappa shape index (κ1) is 19.1. The second kappa shape index (κ2) is 6.97. The fourth-order valence-corrected chi connectivity index (χ4v) is 4.86. The van der Waals surface area contributed by atoms with Crippen molar-refractivity contribution in [2.24, 2.45) is 13.0 Å². The number of aromatic nitrogens is 8. The average molecular weight is 434 g/mol. The summed E-state index contributed by atoms with van der Waals surface area (Å²) in [7, 11) is 1.86. The average Bonchev–Trinajstić information content (AvgIpc) is 3.53. The van der Waals surface area contributed by atoms with E-state index in [1.807, 2.05) is 31.7 Å². The molecular weight excluding hydrogens is 416 g/mol. The quantitative estimate of drug-likeness (QED) is 0.425. The first-order chi connectivity index (χ1) is 16.1. The molecule has 5 heterocycles. The minimum Gasteiger partial charge on any atom is -0.324 e. The van der Waals surface area contributed by atoms with Crippen LogP contribution < -0.4 is 0 Å². The largest absolute Gasteiger partial charge is 0.324 e. The van der Waals surface area contributed by atoms with Crippen LogP contribution in [0.1, 0.15) is 19.3 Å². The van der Waals surface area contributed by atoms with Crippen LogP contribution in [0.5, 0.6) is 0 Å². The summed E-state index contributed by atoms with van der Waals surface area (Å²) in [5.74, 6) is -0.0605. The van der Waals surface area contributed by atoms with Gasteiger partial charge < -0.3 is 4.57 Å². The Balaban J connectivity index is 1.60. The van der Waals surface area contributed by atoms with Crippen molar-refractivity contribution in [1.82, 2.24) is 38.9 Å². The predicted octanol–water partition coefficient (Wildman–Crippen LogP) is 3.08. The van der Waals surface area contributed by atoms with Gasteiger partial charge in [0.25, 0.3) is 0 Å². The van der Waals surface area contributed by atoms with E-state index >= 15 is 0 Å². The highest BCUT2D eigenvalue weighted by Gasteiger charge is 2.47. The number of nitrogens with zero attached hydrogens (tertiary/aromatic N) is 10. The van der Waals surface area contributed by atoms with Crippen LogP contribution in [0.3, 0.4) is 0 Å². The summed E-state index contributed by atoms with van der Waals surface area (Å²) >= 11 is 0. The third-order valence-electron chi connectivity index (χ3n) is 6.47. The summed E-state index contributed by atoms with van der Waals surface area (Å²) < 4.78 is 5.59. The minimum absolute atomic E-state index is 0.0605. The van der Waals surface area contributed by atoms with Crippen LogP contribution in [0.4, 0.5) is 0 Å². The molecule has 0 spiro atoms. The fourth-order valence-electron chi connectivity index (χ4n) is 4.86. The number of hydrogen-bond acceptors (Lipinski definition) is 7. The van der Waals surface area contributed by atoms with Gasteiger partial charge in [-0.3, -0.25) is 4.68 Å². The Morgan fingerprint density at radius 3 is 2.79 bits per heavy atom. The van der Waals surface area contributed by atoms with Crippen molar-refractivity contribution < 1.29 is 0 Å². The maximum atomic E-state index is 9.55. The van der Waals surface area contributed by atoms with E-state index in [-0.39, 0.29) is 5.92 Å². The van der Waals surface area contributed by atoms with Gasteiger partial charge in [-0.1, -0.05) is 0 Å². The van der Waals surface area contributed by atoms with Crippen LogP contribution in [0.25, 0.3) is 39.1 Å². The zero-order chi connectivity index (χ0) is 22.6. The molecule has 10 heteroatoms. The van der Waals surface area contributed by atoms with Crippen molar-refractivity contribution in [3.8, 4) is 34.7 Å². The molecule has 0 radical (unpaired) electrons. The molecule has 0 atom stereocenters. The number of fused-ring (bicyclic) bond motifs is 2. The van der Waals surface area contributed by atoms with Crippen LogP contribution in [0, 0.1) is 28.6 Å². The Morgan fingerprint density at radius 1 is 1.15 bits per heavy atom. The van der Waals surface area contributed by atoms with E-state index in [0.717, 1.165) is 39.1 Å². The van der Waals surface area contributed by atoms with Crippen molar-refractivity contribution in [3.05, 3.63) is 49.6 Å². The van der Waals surface area contributed by atoms with E-state index in [4.69, 9.17) is 4.98 Å². The zero-order valence-corrected chi connectivity index (χ0v) is 17.8. The highest BCUT2D eigenvalue weighted by atomic mass is 15.2. The highest BCUT2D eigenvalue weighted by molar-refractivity contribution is 5.97. The van der Waals surface area contributed by atoms with Gasteiger partial charge in [0, 0.05) is 42.2 Å². The van der Waals surface area contributed by atoms with E-state index in [1.54, 1.807) is 27.8 Å². The Kier molecular flexibility index (Phi) is 4.04. The lowest BCUT2D eigenvalue weighted by Crippen LogP contribution is -2.45. The smallest absolute Gasteiger partial charge is 0.144 e. The lowest BCUT2D eigenvalue weighted by Gasteiger charge is -2.45. The molecular formula is C23H18N10. The Bertz CT molecular complexity index is 1600. The van der Waals surface area contributed by atoms with Crippen molar-refractivity contribution in [1.29, 1.82) is 10.5 Å². The molecule has 160 valence electrons. The highest BCUT2D eigenvalue weighted by Crippen LogP contribution is 2.49. The third-order valence-corrected chi connectivity index (χ3v) is 6.47. The van der Waals surface area contributed by atoms with Crippen LogP contribution in [-0.4, -0.2) is 38.9 Å². The molecule has 5 aromatic rings. The van der Waals surface area contributed by atoms with Crippen molar-refractivity contribution in [3.63, 3.8) is 0 Å². The predicted molar refractivity (Wildman–Crippen MR) is 118 cm³/mol. The van der Waals surface area contributed by atoms with Gasteiger partial charge in [-0.15, -0.1) is 0 Å². The molecule has 0 saturated heterocycles. The SMILES string of the molecule is Cn1cc(-c2cn3nccc3c(-c3cn(C4(CC#N)CC(C#N)C4)c4ncncc34)n2)cn1. The summed E-state index contributed by atoms with van der Waals surface area (Å²) in [6, 6.07) is 6.56. The first-order valence-electron chi connectivity index (χ1n) is 10.5. The number of hydrogen-bond donors (Lipinski definition) is 0. The molecule has 6 rings (SSSR count). The van der Waals surface area contributed by atoms with E-state index in [0.29, 0.717) is 19.3 Å². The van der Waals surface area contributed by atoms with E-state index < -0.39 is 5.54 Å². The summed E-state index contributed by atoms with van der Waals surface area (Å²) in [5.41, 5.74) is 4.36. The molecule has 33 heavy (non-hydrogen) atoms. The fraction of sp³-hybridized carbons (Fsp3) is 0.261. The van der Waals surface area contributed by atoms with Gasteiger partial charge in [-0.25, -0.2) is 19.5 Å². The molecule has 1 aliphatic rings. The van der Waals surface area contributed by atoms with E-state index in [1.165, 1.54) is 6.33 Å². The maximum absolute atomic E-state index is 9.55. The zero-order valence-electron chi connectivity index (χ0n) is 17.8. The van der Waals surface area contributed by atoms with Crippen LogP contribution in [-0.2, 0) is 12.6 Å². The van der Waals surface area contributed by atoms with Gasteiger partial charge in [-0.2, -0.15) is 20.7 Å². The number of nitriles is 2. The normalized spacial score (nSPS) is 19.9. The molecule has 1 fully saturated rings. The van der Waals surface area contributed by atoms with Gasteiger partial charge in [-0.05, 0) is 18.9 Å². The van der Waals surface area contributed by atoms with Gasteiger partial charge >= 0.3 is 0 Å². The van der Waals surface area contributed by atoms with Crippen LogP contribution >= 0.6 is 0 Å². The lowest BCUT2D eigenvalue weighted by molar-refractivity contribution is 0.108. The molecule has 0 bridgehead atoms. The first-order valence-corrected chi connectivity index (χ1v) is 10.5. The second-order valence-electron chi connectivity index (χ2n) is 8.50. The Morgan fingerprint density at radius 2 is 2.03 bits per heavy atom. The van der Waals surface area contributed by atoms with E-state index in [2.05, 4.69) is 36.9 Å². The standard InChI is InChI=1S/C23H18N10/c1-31-11-16(9-29-31)19-13-33-20(2-5-28-33)21(30-19)18-12-32(22-17(18)10-26-14-27-22)23(3-4-24)6-15(7-23)8-25/h2,5,9-15H,3,6-7H2,1H3. The molecule has 0 unspecified atom stereocenters. The van der Waals surface area contributed by atoms with Crippen LogP contribution in [0.15, 0.2) is 49.6 Å². The summed E-state index contributed by atoms with van der Waals surface area (Å²) in [4.78, 5) is 13.8. The van der Waals surface area contributed by atoms with Gasteiger partial charge in [0.05, 0.1) is 65.5 Å². The van der Waals surface area contributed by atoms with Crippen molar-refractivity contribution in [2.75, 3.05) is 0 Å². The number of aryl methyl sites for hydroxylation is 1. The molecule has 0 N–H and O–H groups in total. The van der Waals surface area contributed by atoms with Gasteiger partial charge in [0.15, 0.2) is 0 Å². The molecule has 1 aliphatic carbocycles. The molecule has 10 nitrogen and oxygen atoms in total. The molecule has 0 aromatic carbocycles. The summed E-state index contributed by atoms with van der Waals surface area (Å²) in [6.07, 6.45) is 14.1. The molecule has 5 aromatic heterocycles. The lowest BCUT2D eigenvalue weighted by atomic mass is 9.67. The second-order valence-corrected chi connectivity index (χ2v) is 8.50. The van der Waals surface area contributed by atoms with Gasteiger partial charge in [0.2, 0.25) is 0 Å². The summed E-state index contributed by atoms with van der Waals surface area (Å²) in [5, 5.41) is 28.5. The number of rotatable bonds is 4. The Labute approximate surface area is 188 Å². The monoisotopic (exact) mass is 434 g/mol. The third kappa shape index (κ3) is 2.81. The topological polar surface area (TPSA) is 126 Å². The molecule has 0 amide bonds. The molecule has 0 aliphatic heterocycles. The Hall–Kier alpha value is -4.57. The van der Waals surface area contributed by atoms with E-state index in [9.17, 15) is 10.5 Å². The minimum atomic E-state index is -0.461. The van der Waals surface area contributed by atoms with Gasteiger partial charge in [0.1, 0.15) is 12.0 Å². The maximum Gasteiger partial charge on any atom is 0.144 e. The van der Waals surface area contributed by atoms with Crippen molar-refractivity contribution >= 4 is 16.6 Å². The summed E-state index contributed by atoms with van der Waals surface area (Å²) in [6.45, 7) is 0. The van der Waals surface area contributed by atoms with Crippen LogP contribution in [0.2, 0.25) is 0 Å².